The summed E-state index contributed by atoms with van der Waals surface area (Å²) in [6.07, 6.45) is 3.95. The van der Waals surface area contributed by atoms with Crippen molar-refractivity contribution < 1.29 is 42.9 Å². The molecule has 0 unspecified atom stereocenters. The van der Waals surface area contributed by atoms with Gasteiger partial charge in [0.25, 0.3) is 5.09 Å². The lowest BCUT2D eigenvalue weighted by Gasteiger charge is -2.22. The number of unbranched alkanes of at least 4 members (excludes halogenated alkanes) is 3. The minimum atomic E-state index is -0.886. The highest BCUT2D eigenvalue weighted by molar-refractivity contribution is 6.17. The lowest BCUT2D eigenvalue weighted by molar-refractivity contribution is -0.769. The van der Waals surface area contributed by atoms with Crippen LogP contribution in [-0.2, 0) is 25.5 Å². The van der Waals surface area contributed by atoms with E-state index < -0.39 is 35.5 Å². The molecule has 0 saturated carbocycles. The SMILES string of the molecule is CCCCc1oc2ccc(C(=O)O[C@@H]3CO[C@H]4[C@@H]3OC[C@@H]4O[N+](=O)[O-])cc2c1C(=O)c1ccc(OCCN(CCCC)CCCC)cc1. The van der Waals surface area contributed by atoms with E-state index in [1.165, 1.54) is 12.8 Å². The van der Waals surface area contributed by atoms with Crippen LogP contribution in [0, 0.1) is 10.1 Å². The maximum absolute atomic E-state index is 14.0. The van der Waals surface area contributed by atoms with E-state index in [2.05, 4.69) is 30.5 Å². The molecule has 12 nitrogen and oxygen atoms in total. The summed E-state index contributed by atoms with van der Waals surface area (Å²) in [6, 6.07) is 12.0. The number of aryl methyl sites for hydroxylation is 1. The zero-order valence-electron chi connectivity index (χ0n) is 28.0. The number of nitrogens with zero attached hydrogens (tertiary/aromatic N) is 2. The van der Waals surface area contributed by atoms with Gasteiger partial charge < -0.3 is 28.2 Å². The zero-order chi connectivity index (χ0) is 34.0. The van der Waals surface area contributed by atoms with Gasteiger partial charge in [0.15, 0.2) is 18.0 Å². The number of carbonyl (C=O) groups excluding carboxylic acids is 2. The van der Waals surface area contributed by atoms with Crippen LogP contribution in [0.25, 0.3) is 11.0 Å². The van der Waals surface area contributed by atoms with Gasteiger partial charge in [0.05, 0.1) is 24.3 Å². The molecule has 260 valence electrons. The highest BCUT2D eigenvalue weighted by Crippen LogP contribution is 2.33. The Kier molecular flexibility index (Phi) is 12.4. The van der Waals surface area contributed by atoms with Gasteiger partial charge in [0.1, 0.15) is 35.9 Å². The van der Waals surface area contributed by atoms with Crippen LogP contribution >= 0.6 is 0 Å². The van der Waals surface area contributed by atoms with Gasteiger partial charge >= 0.3 is 5.97 Å². The second-order valence-corrected chi connectivity index (χ2v) is 12.4. The highest BCUT2D eigenvalue weighted by Gasteiger charge is 2.51. The summed E-state index contributed by atoms with van der Waals surface area (Å²) in [7, 11) is 0. The van der Waals surface area contributed by atoms with Crippen molar-refractivity contribution in [3.8, 4) is 5.75 Å². The number of ether oxygens (including phenoxy) is 4. The number of hydrogen-bond acceptors (Lipinski definition) is 11. The largest absolute Gasteiger partial charge is 0.492 e. The van der Waals surface area contributed by atoms with Crippen LogP contribution < -0.4 is 4.74 Å². The van der Waals surface area contributed by atoms with Crippen LogP contribution in [0.3, 0.4) is 0 Å². The van der Waals surface area contributed by atoms with Crippen molar-refractivity contribution in [2.24, 2.45) is 0 Å². The minimum absolute atomic E-state index is 0.0210. The topological polar surface area (TPSA) is 140 Å². The molecule has 48 heavy (non-hydrogen) atoms. The Labute approximate surface area is 280 Å². The second kappa shape index (κ2) is 16.9. The Morgan fingerprint density at radius 2 is 1.52 bits per heavy atom. The molecule has 2 aromatic carbocycles. The van der Waals surface area contributed by atoms with Crippen molar-refractivity contribution in [1.29, 1.82) is 0 Å². The first-order chi connectivity index (χ1) is 23.3. The number of hydrogen-bond donors (Lipinski definition) is 0. The number of ketones is 1. The van der Waals surface area contributed by atoms with E-state index >= 15 is 0 Å². The molecule has 1 aromatic heterocycles. The van der Waals surface area contributed by atoms with Crippen LogP contribution in [0.4, 0.5) is 0 Å². The summed E-state index contributed by atoms with van der Waals surface area (Å²) in [4.78, 5) is 45.2. The van der Waals surface area contributed by atoms with Gasteiger partial charge in [-0.05, 0) is 74.8 Å². The van der Waals surface area contributed by atoms with Crippen molar-refractivity contribution in [1.82, 2.24) is 4.90 Å². The van der Waals surface area contributed by atoms with Crippen LogP contribution in [0.15, 0.2) is 46.9 Å². The molecule has 4 atom stereocenters. The molecule has 0 aliphatic carbocycles. The molecule has 2 aliphatic rings. The molecule has 5 rings (SSSR count). The highest BCUT2D eigenvalue weighted by atomic mass is 17.0. The van der Waals surface area contributed by atoms with Gasteiger partial charge in [-0.15, -0.1) is 10.1 Å². The lowest BCUT2D eigenvalue weighted by Crippen LogP contribution is -2.35. The fourth-order valence-corrected chi connectivity index (χ4v) is 6.21. The third-order valence-electron chi connectivity index (χ3n) is 8.87. The molecule has 0 radical (unpaired) electrons. The summed E-state index contributed by atoms with van der Waals surface area (Å²) >= 11 is 0. The summed E-state index contributed by atoms with van der Waals surface area (Å²) in [5, 5.41) is 10.4. The average molecular weight is 667 g/mol. The molecular formula is C36H46N2O10. The fourth-order valence-electron chi connectivity index (χ4n) is 6.21. The maximum atomic E-state index is 14.0. The lowest BCUT2D eigenvalue weighted by atomic mass is 9.97. The smallest absolute Gasteiger partial charge is 0.338 e. The van der Waals surface area contributed by atoms with Gasteiger partial charge in [-0.3, -0.25) is 9.69 Å². The van der Waals surface area contributed by atoms with E-state index in [4.69, 9.17) is 23.4 Å². The molecular weight excluding hydrogens is 620 g/mol. The first-order valence-corrected chi connectivity index (χ1v) is 17.1. The molecule has 0 N–H and O–H groups in total. The van der Waals surface area contributed by atoms with Crippen LogP contribution in [-0.4, -0.2) is 85.6 Å². The molecule has 0 amide bonds. The Bertz CT molecular complexity index is 1530. The van der Waals surface area contributed by atoms with Crippen molar-refractivity contribution in [2.45, 2.75) is 90.1 Å². The molecule has 0 bridgehead atoms. The quantitative estimate of drug-likeness (QED) is 0.0626. The third kappa shape index (κ3) is 8.53. The molecule has 12 heteroatoms. The zero-order valence-corrected chi connectivity index (χ0v) is 28.0. The van der Waals surface area contributed by atoms with Crippen molar-refractivity contribution in [2.75, 3.05) is 39.5 Å². The van der Waals surface area contributed by atoms with E-state index in [0.29, 0.717) is 46.6 Å². The monoisotopic (exact) mass is 666 g/mol. The Balaban J connectivity index is 1.29. The summed E-state index contributed by atoms with van der Waals surface area (Å²) in [6.45, 7) is 10.0. The number of esters is 1. The fraction of sp³-hybridized carbons (Fsp3) is 0.556. The van der Waals surface area contributed by atoms with Gasteiger partial charge in [0, 0.05) is 23.9 Å². The van der Waals surface area contributed by atoms with E-state index in [0.717, 1.165) is 45.3 Å². The average Bonchev–Trinajstić information content (AvgIpc) is 3.78. The first-order valence-electron chi connectivity index (χ1n) is 17.1. The summed E-state index contributed by atoms with van der Waals surface area (Å²) in [5.74, 6) is 0.439. The van der Waals surface area contributed by atoms with Crippen LogP contribution in [0.5, 0.6) is 5.75 Å². The number of furan rings is 1. The van der Waals surface area contributed by atoms with E-state index in [9.17, 15) is 19.7 Å². The molecule has 3 heterocycles. The van der Waals surface area contributed by atoms with Gasteiger partial charge in [-0.1, -0.05) is 40.0 Å². The molecule has 0 spiro atoms. The Hall–Kier alpha value is -4.00. The van der Waals surface area contributed by atoms with E-state index in [-0.39, 0.29) is 24.6 Å². The molecule has 2 aliphatic heterocycles. The number of benzene rings is 2. The second-order valence-electron chi connectivity index (χ2n) is 12.4. The Morgan fingerprint density at radius 3 is 2.19 bits per heavy atom. The predicted octanol–water partition coefficient (Wildman–Crippen LogP) is 6.19. The summed E-state index contributed by atoms with van der Waals surface area (Å²) in [5.41, 5.74) is 1.64. The molecule has 2 saturated heterocycles. The molecule has 3 aromatic rings. The predicted molar refractivity (Wildman–Crippen MR) is 177 cm³/mol. The molecule has 2 fully saturated rings. The standard InChI is InChI=1S/C36H46N2O10/c1-4-7-10-29-32(33(39)24-11-14-26(15-12-24)43-20-19-37(17-8-5-2)18-9-6-3)27-21-25(13-16-28(27)46-29)36(40)47-30-22-44-35-31(48-38(41)42)23-45-34(30)35/h11-16,21,30-31,34-35H,4-10,17-20,22-23H2,1-3H3/t30-,31+,34-,35-/m1/s1. The van der Waals surface area contributed by atoms with Gasteiger partial charge in [-0.2, -0.15) is 0 Å². The van der Waals surface area contributed by atoms with E-state index in [1.807, 2.05) is 12.1 Å². The van der Waals surface area contributed by atoms with Crippen LogP contribution in [0.1, 0.15) is 91.3 Å². The Morgan fingerprint density at radius 1 is 0.875 bits per heavy atom. The van der Waals surface area contributed by atoms with Gasteiger partial charge in [-0.25, -0.2) is 4.79 Å². The normalized spacial score (nSPS) is 20.2. The number of fused-ring (bicyclic) bond motifs is 2. The third-order valence-corrected chi connectivity index (χ3v) is 8.87. The first kappa shape index (κ1) is 35.3. The van der Waals surface area contributed by atoms with Crippen molar-refractivity contribution in [3.63, 3.8) is 0 Å². The van der Waals surface area contributed by atoms with Crippen molar-refractivity contribution in [3.05, 3.63) is 75.0 Å². The number of carbonyl (C=O) groups is 2. The van der Waals surface area contributed by atoms with E-state index in [1.54, 1.807) is 30.3 Å². The minimum Gasteiger partial charge on any atom is -0.492 e. The van der Waals surface area contributed by atoms with Gasteiger partial charge in [0.2, 0.25) is 0 Å². The van der Waals surface area contributed by atoms with Crippen LogP contribution in [0.2, 0.25) is 0 Å². The summed E-state index contributed by atoms with van der Waals surface area (Å²) < 4.78 is 29.1. The maximum Gasteiger partial charge on any atom is 0.338 e. The van der Waals surface area contributed by atoms with Crippen molar-refractivity contribution >= 4 is 22.7 Å². The number of rotatable bonds is 19.